The number of nitrogens with one attached hydrogen (secondary N) is 1. The molecular formula is C23H23ClN2O. The quantitative estimate of drug-likeness (QED) is 0.593. The van der Waals surface area contributed by atoms with Crippen LogP contribution in [0, 0.1) is 0 Å². The molecule has 0 aliphatic carbocycles. The van der Waals surface area contributed by atoms with Crippen LogP contribution in [0.3, 0.4) is 0 Å². The molecule has 0 atom stereocenters. The van der Waals surface area contributed by atoms with E-state index < -0.39 is 0 Å². The van der Waals surface area contributed by atoms with Crippen molar-refractivity contribution >= 4 is 23.1 Å². The molecular weight excluding hydrogens is 356 g/mol. The number of ketones is 1. The van der Waals surface area contributed by atoms with Gasteiger partial charge in [0.1, 0.15) is 5.78 Å². The lowest BCUT2D eigenvalue weighted by molar-refractivity contribution is -0.116. The third-order valence-corrected chi connectivity index (χ3v) is 4.83. The molecule has 0 saturated heterocycles. The number of carbonyl (C=O) groups excluding carboxylic acids is 1. The van der Waals surface area contributed by atoms with Crippen LogP contribution in [-0.2, 0) is 24.3 Å². The summed E-state index contributed by atoms with van der Waals surface area (Å²) in [6.07, 6.45) is 0.440. The van der Waals surface area contributed by atoms with Crippen molar-refractivity contribution < 1.29 is 4.79 Å². The van der Waals surface area contributed by atoms with Gasteiger partial charge in [-0.1, -0.05) is 54.1 Å². The first-order valence-corrected chi connectivity index (χ1v) is 9.33. The minimum Gasteiger partial charge on any atom is -0.381 e. The number of anilines is 1. The van der Waals surface area contributed by atoms with Crippen LogP contribution in [0.4, 0.5) is 5.69 Å². The number of rotatable bonds is 7. The van der Waals surface area contributed by atoms with Crippen LogP contribution < -0.4 is 11.1 Å². The second-order valence-electron chi connectivity index (χ2n) is 6.60. The van der Waals surface area contributed by atoms with Gasteiger partial charge in [-0.2, -0.15) is 0 Å². The topological polar surface area (TPSA) is 55.1 Å². The molecule has 3 aromatic carbocycles. The molecule has 4 heteroatoms. The number of carbonyl (C=O) groups is 1. The third-order valence-electron chi connectivity index (χ3n) is 4.47. The zero-order chi connectivity index (χ0) is 19.2. The molecule has 0 radical (unpaired) electrons. The molecule has 0 heterocycles. The molecule has 0 bridgehead atoms. The van der Waals surface area contributed by atoms with E-state index in [0.29, 0.717) is 24.5 Å². The van der Waals surface area contributed by atoms with Crippen molar-refractivity contribution in [3.63, 3.8) is 0 Å². The molecule has 0 amide bonds. The van der Waals surface area contributed by atoms with Gasteiger partial charge in [-0.05, 0) is 59.0 Å². The summed E-state index contributed by atoms with van der Waals surface area (Å²) in [5.74, 6) is 0.157. The summed E-state index contributed by atoms with van der Waals surface area (Å²) >= 11 is 6.17. The Morgan fingerprint density at radius 3 is 2.52 bits per heavy atom. The summed E-state index contributed by atoms with van der Waals surface area (Å²) in [6, 6.07) is 22.2. The Hall–Kier alpha value is -2.62. The minimum atomic E-state index is 0.157. The van der Waals surface area contributed by atoms with Gasteiger partial charge in [-0.25, -0.2) is 0 Å². The maximum atomic E-state index is 11.5. The van der Waals surface area contributed by atoms with Crippen molar-refractivity contribution in [1.29, 1.82) is 0 Å². The van der Waals surface area contributed by atoms with Gasteiger partial charge in [-0.15, -0.1) is 0 Å². The van der Waals surface area contributed by atoms with Crippen molar-refractivity contribution in [3.05, 3.63) is 88.4 Å². The number of para-hydroxylation sites is 1. The Kier molecular flexibility index (Phi) is 6.28. The molecule has 3 N–H and O–H groups in total. The SMILES string of the molecule is CC(=O)Cc1ccccc1NCc1cccc(-c2ccc(Cl)c(CN)c2)c1. The van der Waals surface area contributed by atoms with Gasteiger partial charge in [0.2, 0.25) is 0 Å². The van der Waals surface area contributed by atoms with Crippen molar-refractivity contribution in [1.82, 2.24) is 0 Å². The van der Waals surface area contributed by atoms with E-state index >= 15 is 0 Å². The molecule has 0 saturated carbocycles. The number of hydrogen-bond acceptors (Lipinski definition) is 3. The summed E-state index contributed by atoms with van der Waals surface area (Å²) in [4.78, 5) is 11.5. The van der Waals surface area contributed by atoms with Crippen LogP contribution in [0.1, 0.15) is 23.6 Å². The second-order valence-corrected chi connectivity index (χ2v) is 7.01. The Labute approximate surface area is 165 Å². The van der Waals surface area contributed by atoms with Crippen LogP contribution in [0.15, 0.2) is 66.7 Å². The molecule has 0 aromatic heterocycles. The fourth-order valence-corrected chi connectivity index (χ4v) is 3.28. The molecule has 0 spiro atoms. The smallest absolute Gasteiger partial charge is 0.134 e. The molecule has 3 aromatic rings. The van der Waals surface area contributed by atoms with E-state index in [4.69, 9.17) is 17.3 Å². The summed E-state index contributed by atoms with van der Waals surface area (Å²) in [5.41, 5.74) is 12.1. The Balaban J connectivity index is 1.78. The summed E-state index contributed by atoms with van der Waals surface area (Å²) in [7, 11) is 0. The highest BCUT2D eigenvalue weighted by Gasteiger charge is 2.06. The van der Waals surface area contributed by atoms with Gasteiger partial charge in [-0.3, -0.25) is 4.79 Å². The van der Waals surface area contributed by atoms with Crippen LogP contribution in [0.2, 0.25) is 5.02 Å². The van der Waals surface area contributed by atoms with E-state index in [1.807, 2.05) is 48.5 Å². The van der Waals surface area contributed by atoms with E-state index in [1.165, 1.54) is 0 Å². The van der Waals surface area contributed by atoms with E-state index in [2.05, 4.69) is 23.5 Å². The fourth-order valence-electron chi connectivity index (χ4n) is 3.08. The van der Waals surface area contributed by atoms with Crippen molar-refractivity contribution in [2.45, 2.75) is 26.4 Å². The first kappa shape index (κ1) is 19.2. The predicted molar refractivity (Wildman–Crippen MR) is 113 cm³/mol. The van der Waals surface area contributed by atoms with Crippen LogP contribution >= 0.6 is 11.6 Å². The van der Waals surface area contributed by atoms with Gasteiger partial charge in [0.15, 0.2) is 0 Å². The monoisotopic (exact) mass is 378 g/mol. The first-order chi connectivity index (χ1) is 13.1. The summed E-state index contributed by atoms with van der Waals surface area (Å²) in [5, 5.41) is 4.15. The highest BCUT2D eigenvalue weighted by atomic mass is 35.5. The highest BCUT2D eigenvalue weighted by Crippen LogP contribution is 2.26. The summed E-state index contributed by atoms with van der Waals surface area (Å²) in [6.45, 7) is 2.71. The Morgan fingerprint density at radius 1 is 0.963 bits per heavy atom. The molecule has 3 rings (SSSR count). The van der Waals surface area contributed by atoms with Gasteiger partial charge in [0, 0.05) is 30.2 Å². The molecule has 0 unspecified atom stereocenters. The molecule has 138 valence electrons. The number of benzene rings is 3. The van der Waals surface area contributed by atoms with Gasteiger partial charge >= 0.3 is 0 Å². The highest BCUT2D eigenvalue weighted by molar-refractivity contribution is 6.31. The molecule has 0 aliphatic rings. The van der Waals surface area contributed by atoms with Crippen LogP contribution in [0.5, 0.6) is 0 Å². The average Bonchev–Trinajstić information content (AvgIpc) is 2.67. The number of nitrogens with two attached hydrogens (primary N) is 1. The molecule has 0 fully saturated rings. The van der Waals surface area contributed by atoms with E-state index in [9.17, 15) is 4.79 Å². The molecule has 0 aliphatic heterocycles. The lowest BCUT2D eigenvalue weighted by Crippen LogP contribution is -2.05. The lowest BCUT2D eigenvalue weighted by Gasteiger charge is -2.12. The number of halogens is 1. The van der Waals surface area contributed by atoms with Crippen molar-refractivity contribution in [3.8, 4) is 11.1 Å². The standard InChI is InChI=1S/C23H23ClN2O/c1-16(27)11-20-6-2-3-8-23(20)26-15-17-5-4-7-18(12-17)19-9-10-22(24)21(13-19)14-25/h2-10,12-13,26H,11,14-15,25H2,1H3. The maximum Gasteiger partial charge on any atom is 0.134 e. The summed E-state index contributed by atoms with van der Waals surface area (Å²) < 4.78 is 0. The van der Waals surface area contributed by atoms with E-state index in [1.54, 1.807) is 6.92 Å². The number of Topliss-reactive ketones (excluding diaryl/α,β-unsaturated/α-hetero) is 1. The zero-order valence-corrected chi connectivity index (χ0v) is 16.1. The third kappa shape index (κ3) is 4.97. The van der Waals surface area contributed by atoms with Crippen LogP contribution in [-0.4, -0.2) is 5.78 Å². The van der Waals surface area contributed by atoms with Crippen molar-refractivity contribution in [2.24, 2.45) is 5.73 Å². The number of hydrogen-bond donors (Lipinski definition) is 2. The van der Waals surface area contributed by atoms with E-state index in [-0.39, 0.29) is 5.78 Å². The second kappa shape index (κ2) is 8.85. The average molecular weight is 379 g/mol. The van der Waals surface area contributed by atoms with E-state index in [0.717, 1.165) is 33.5 Å². The lowest BCUT2D eigenvalue weighted by atomic mass is 10.0. The maximum absolute atomic E-state index is 11.5. The first-order valence-electron chi connectivity index (χ1n) is 8.96. The molecule has 3 nitrogen and oxygen atoms in total. The largest absolute Gasteiger partial charge is 0.381 e. The van der Waals surface area contributed by atoms with Gasteiger partial charge in [0.25, 0.3) is 0 Å². The normalized spacial score (nSPS) is 10.6. The Bertz CT molecular complexity index is 953. The Morgan fingerprint density at radius 2 is 1.74 bits per heavy atom. The molecule has 27 heavy (non-hydrogen) atoms. The van der Waals surface area contributed by atoms with Crippen LogP contribution in [0.25, 0.3) is 11.1 Å². The van der Waals surface area contributed by atoms with Gasteiger partial charge < -0.3 is 11.1 Å². The zero-order valence-electron chi connectivity index (χ0n) is 15.3. The fraction of sp³-hybridized carbons (Fsp3) is 0.174. The van der Waals surface area contributed by atoms with Gasteiger partial charge in [0.05, 0.1) is 0 Å². The van der Waals surface area contributed by atoms with Crippen molar-refractivity contribution in [2.75, 3.05) is 5.32 Å². The minimum absolute atomic E-state index is 0.157. The predicted octanol–water partition coefficient (Wildman–Crippen LogP) is 5.21.